The van der Waals surface area contributed by atoms with Gasteiger partial charge in [0.15, 0.2) is 0 Å². The molecule has 0 radical (unpaired) electrons. The first kappa shape index (κ1) is 16.3. The Balaban J connectivity index is 0.00000200. The van der Waals surface area contributed by atoms with Crippen molar-refractivity contribution in [2.45, 2.75) is 12.8 Å². The first-order valence-electron chi connectivity index (χ1n) is 6.24. The van der Waals surface area contributed by atoms with Gasteiger partial charge in [-0.25, -0.2) is 0 Å². The molecular formula is C14H18ClNO4. The molecule has 1 aromatic carbocycles. The number of benzene rings is 1. The second kappa shape index (κ2) is 7.14. The van der Waals surface area contributed by atoms with E-state index in [4.69, 9.17) is 9.84 Å². The van der Waals surface area contributed by atoms with Crippen molar-refractivity contribution in [3.63, 3.8) is 0 Å². The highest BCUT2D eigenvalue weighted by Crippen LogP contribution is 2.21. The second-order valence-corrected chi connectivity index (χ2v) is 4.65. The van der Waals surface area contributed by atoms with E-state index in [1.807, 2.05) is 24.3 Å². The van der Waals surface area contributed by atoms with E-state index in [2.05, 4.69) is 0 Å². The number of amides is 1. The number of nitrogens with zero attached hydrogens (tertiary/aromatic N) is 1. The van der Waals surface area contributed by atoms with Crippen molar-refractivity contribution in [2.24, 2.45) is 5.92 Å². The number of carboxylic acids is 1. The fourth-order valence-electron chi connectivity index (χ4n) is 2.31. The molecule has 6 heteroatoms. The van der Waals surface area contributed by atoms with Crippen LogP contribution in [0.3, 0.4) is 0 Å². The van der Waals surface area contributed by atoms with E-state index in [0.29, 0.717) is 25.3 Å². The van der Waals surface area contributed by atoms with Crippen molar-refractivity contribution in [3.8, 4) is 5.75 Å². The van der Waals surface area contributed by atoms with E-state index in [1.165, 1.54) is 0 Å². The Bertz CT molecular complexity index is 492. The Morgan fingerprint density at radius 2 is 2.10 bits per heavy atom. The lowest BCUT2D eigenvalue weighted by Gasteiger charge is -2.16. The summed E-state index contributed by atoms with van der Waals surface area (Å²) in [6.45, 7) is 0.828. The van der Waals surface area contributed by atoms with Crippen LogP contribution in [0.25, 0.3) is 0 Å². The minimum Gasteiger partial charge on any atom is -0.496 e. The molecule has 1 N–H and O–H groups in total. The van der Waals surface area contributed by atoms with E-state index in [1.54, 1.807) is 12.0 Å². The van der Waals surface area contributed by atoms with Crippen LogP contribution >= 0.6 is 12.4 Å². The molecule has 5 nitrogen and oxygen atoms in total. The summed E-state index contributed by atoms with van der Waals surface area (Å²) in [5.41, 5.74) is 0.828. The maximum absolute atomic E-state index is 12.1. The second-order valence-electron chi connectivity index (χ2n) is 4.65. The van der Waals surface area contributed by atoms with Crippen LogP contribution in [-0.4, -0.2) is 42.1 Å². The molecule has 1 saturated heterocycles. The lowest BCUT2D eigenvalue weighted by molar-refractivity contribution is -0.141. The molecule has 1 aliphatic rings. The molecule has 1 unspecified atom stereocenters. The average molecular weight is 300 g/mol. The van der Waals surface area contributed by atoms with E-state index < -0.39 is 11.9 Å². The standard InChI is InChI=1S/C14H17NO4.ClH/c1-19-12-5-3-2-4-10(12)8-13(16)15-7-6-11(9-15)14(17)18;/h2-5,11H,6-9H2,1H3,(H,17,18);1H. The van der Waals surface area contributed by atoms with Crippen molar-refractivity contribution in [1.82, 2.24) is 4.90 Å². The topological polar surface area (TPSA) is 66.8 Å². The third-order valence-electron chi connectivity index (χ3n) is 3.42. The third-order valence-corrected chi connectivity index (χ3v) is 3.42. The van der Waals surface area contributed by atoms with Gasteiger partial charge >= 0.3 is 5.97 Å². The molecule has 1 aliphatic heterocycles. The van der Waals surface area contributed by atoms with Crippen molar-refractivity contribution in [3.05, 3.63) is 29.8 Å². The van der Waals surface area contributed by atoms with Gasteiger partial charge in [0, 0.05) is 18.7 Å². The molecule has 1 fully saturated rings. The Hall–Kier alpha value is -1.75. The quantitative estimate of drug-likeness (QED) is 0.917. The Morgan fingerprint density at radius 1 is 1.40 bits per heavy atom. The van der Waals surface area contributed by atoms with E-state index in [-0.39, 0.29) is 24.7 Å². The van der Waals surface area contributed by atoms with E-state index >= 15 is 0 Å². The van der Waals surface area contributed by atoms with Gasteiger partial charge in [-0.3, -0.25) is 9.59 Å². The van der Waals surface area contributed by atoms with Gasteiger partial charge in [-0.15, -0.1) is 12.4 Å². The summed E-state index contributed by atoms with van der Waals surface area (Å²) in [5, 5.41) is 8.93. The Kier molecular flexibility index (Phi) is 5.82. The molecule has 1 heterocycles. The van der Waals surface area contributed by atoms with Gasteiger partial charge in [0.1, 0.15) is 5.75 Å². The molecule has 0 spiro atoms. The van der Waals surface area contributed by atoms with Crippen LogP contribution in [0.1, 0.15) is 12.0 Å². The molecule has 1 atom stereocenters. The van der Waals surface area contributed by atoms with Gasteiger partial charge in [0.05, 0.1) is 19.4 Å². The largest absolute Gasteiger partial charge is 0.496 e. The van der Waals surface area contributed by atoms with E-state index in [9.17, 15) is 9.59 Å². The number of aliphatic carboxylic acids is 1. The molecular weight excluding hydrogens is 282 g/mol. The monoisotopic (exact) mass is 299 g/mol. The third kappa shape index (κ3) is 3.63. The summed E-state index contributed by atoms with van der Waals surface area (Å²) in [4.78, 5) is 24.6. The van der Waals surface area contributed by atoms with Crippen molar-refractivity contribution in [1.29, 1.82) is 0 Å². The smallest absolute Gasteiger partial charge is 0.308 e. The highest BCUT2D eigenvalue weighted by Gasteiger charge is 2.30. The number of ether oxygens (including phenoxy) is 1. The molecule has 110 valence electrons. The normalized spacial score (nSPS) is 17.4. The molecule has 1 aromatic rings. The highest BCUT2D eigenvalue weighted by atomic mass is 35.5. The minimum atomic E-state index is -0.826. The number of carbonyl (C=O) groups excluding carboxylic acids is 1. The summed E-state index contributed by atoms with van der Waals surface area (Å²) in [6.07, 6.45) is 0.781. The number of methoxy groups -OCH3 is 1. The maximum atomic E-state index is 12.1. The molecule has 0 bridgehead atoms. The SMILES string of the molecule is COc1ccccc1CC(=O)N1CCC(C(=O)O)C1.Cl. The molecule has 20 heavy (non-hydrogen) atoms. The van der Waals surface area contributed by atoms with Crippen LogP contribution in [0.4, 0.5) is 0 Å². The summed E-state index contributed by atoms with van der Waals surface area (Å²) in [7, 11) is 1.57. The van der Waals surface area contributed by atoms with Crippen LogP contribution in [0.15, 0.2) is 24.3 Å². The minimum absolute atomic E-state index is 0. The van der Waals surface area contributed by atoms with Gasteiger partial charge in [0.25, 0.3) is 0 Å². The summed E-state index contributed by atoms with van der Waals surface area (Å²) in [6, 6.07) is 7.37. The van der Waals surface area contributed by atoms with Crippen molar-refractivity contribution < 1.29 is 19.4 Å². The predicted octanol–water partition coefficient (Wildman–Crippen LogP) is 1.59. The zero-order valence-corrected chi connectivity index (χ0v) is 12.1. The van der Waals surface area contributed by atoms with Crippen LogP contribution in [0.2, 0.25) is 0 Å². The molecule has 1 amide bonds. The van der Waals surface area contributed by atoms with Crippen LogP contribution < -0.4 is 4.74 Å². The van der Waals surface area contributed by atoms with Gasteiger partial charge < -0.3 is 14.7 Å². The van der Waals surface area contributed by atoms with Crippen molar-refractivity contribution >= 4 is 24.3 Å². The lowest BCUT2D eigenvalue weighted by atomic mass is 10.1. The van der Waals surface area contributed by atoms with Crippen molar-refractivity contribution in [2.75, 3.05) is 20.2 Å². The highest BCUT2D eigenvalue weighted by molar-refractivity contribution is 5.85. The van der Waals surface area contributed by atoms with Gasteiger partial charge in [-0.1, -0.05) is 18.2 Å². The summed E-state index contributed by atoms with van der Waals surface area (Å²) >= 11 is 0. The Labute approximate surface area is 123 Å². The van der Waals surface area contributed by atoms with Gasteiger partial charge in [0.2, 0.25) is 5.91 Å². The average Bonchev–Trinajstić information content (AvgIpc) is 2.89. The number of hydrogen-bond donors (Lipinski definition) is 1. The van der Waals surface area contributed by atoms with Gasteiger partial charge in [-0.05, 0) is 12.5 Å². The number of rotatable bonds is 4. The fourth-order valence-corrected chi connectivity index (χ4v) is 2.31. The van der Waals surface area contributed by atoms with Crippen LogP contribution in [0, 0.1) is 5.92 Å². The fraction of sp³-hybridized carbons (Fsp3) is 0.429. The van der Waals surface area contributed by atoms with Crippen LogP contribution in [0.5, 0.6) is 5.75 Å². The summed E-state index contributed by atoms with van der Waals surface area (Å²) in [5.74, 6) is -0.618. The number of carboxylic acid groups (broad SMARTS) is 1. The van der Waals surface area contributed by atoms with E-state index in [0.717, 1.165) is 5.56 Å². The molecule has 2 rings (SSSR count). The first-order valence-corrected chi connectivity index (χ1v) is 6.24. The number of halogens is 1. The molecule has 0 aliphatic carbocycles. The first-order chi connectivity index (χ1) is 9.11. The van der Waals surface area contributed by atoms with Crippen LogP contribution in [-0.2, 0) is 16.0 Å². The summed E-state index contributed by atoms with van der Waals surface area (Å²) < 4.78 is 5.20. The number of carbonyl (C=O) groups is 2. The molecule has 0 saturated carbocycles. The Morgan fingerprint density at radius 3 is 2.70 bits per heavy atom. The zero-order chi connectivity index (χ0) is 13.8. The zero-order valence-electron chi connectivity index (χ0n) is 11.2. The maximum Gasteiger partial charge on any atom is 0.308 e. The lowest BCUT2D eigenvalue weighted by Crippen LogP contribution is -2.31. The molecule has 0 aromatic heterocycles. The number of hydrogen-bond acceptors (Lipinski definition) is 3. The number of likely N-dealkylation sites (tertiary alicyclic amines) is 1. The number of para-hydroxylation sites is 1. The predicted molar refractivity (Wildman–Crippen MR) is 76.3 cm³/mol. The van der Waals surface area contributed by atoms with Gasteiger partial charge in [-0.2, -0.15) is 0 Å².